The van der Waals surface area contributed by atoms with Gasteiger partial charge in [-0.05, 0) is 17.4 Å². The molecule has 100 valence electrons. The Morgan fingerprint density at radius 3 is 2.67 bits per heavy atom. The summed E-state index contributed by atoms with van der Waals surface area (Å²) in [5.41, 5.74) is 5.12. The number of urea groups is 1. The lowest BCUT2D eigenvalue weighted by Crippen LogP contribution is -2.37. The molecule has 5 nitrogen and oxygen atoms in total. The Morgan fingerprint density at radius 2 is 2.17 bits per heavy atom. The highest BCUT2D eigenvalue weighted by Gasteiger charge is 2.18. The van der Waals surface area contributed by atoms with Gasteiger partial charge in [0.25, 0.3) is 0 Å². The molecule has 18 heavy (non-hydrogen) atoms. The van der Waals surface area contributed by atoms with Gasteiger partial charge in [-0.1, -0.05) is 19.9 Å². The molecule has 1 rings (SSSR count). The van der Waals surface area contributed by atoms with Gasteiger partial charge < -0.3 is 16.4 Å². The molecule has 1 unspecified atom stereocenters. The molecule has 4 N–H and O–H groups in total. The zero-order valence-corrected chi connectivity index (χ0v) is 11.4. The summed E-state index contributed by atoms with van der Waals surface area (Å²) < 4.78 is 0. The van der Waals surface area contributed by atoms with Gasteiger partial charge in [0.2, 0.25) is 5.91 Å². The van der Waals surface area contributed by atoms with Crippen LogP contribution in [0, 0.1) is 5.92 Å². The van der Waals surface area contributed by atoms with Crippen LogP contribution in [-0.4, -0.2) is 18.5 Å². The van der Waals surface area contributed by atoms with E-state index in [9.17, 15) is 9.59 Å². The van der Waals surface area contributed by atoms with Crippen molar-refractivity contribution < 1.29 is 9.59 Å². The van der Waals surface area contributed by atoms with E-state index in [1.165, 1.54) is 11.3 Å². The molecule has 0 fully saturated rings. The van der Waals surface area contributed by atoms with Crippen LogP contribution >= 0.6 is 11.3 Å². The average molecular weight is 269 g/mol. The summed E-state index contributed by atoms with van der Waals surface area (Å²) in [7, 11) is 0. The lowest BCUT2D eigenvalue weighted by molar-refractivity contribution is -0.121. The third-order valence-corrected chi connectivity index (χ3v) is 3.29. The Bertz CT molecular complexity index is 390. The second-order valence-corrected chi connectivity index (χ2v) is 5.46. The van der Waals surface area contributed by atoms with Crippen LogP contribution in [0.2, 0.25) is 0 Å². The summed E-state index contributed by atoms with van der Waals surface area (Å²) in [4.78, 5) is 23.6. The number of hydrogen-bond acceptors (Lipinski definition) is 3. The van der Waals surface area contributed by atoms with E-state index >= 15 is 0 Å². The van der Waals surface area contributed by atoms with Crippen LogP contribution < -0.4 is 16.4 Å². The maximum absolute atomic E-state index is 11.7. The third kappa shape index (κ3) is 5.18. The Hall–Kier alpha value is -1.56. The van der Waals surface area contributed by atoms with Gasteiger partial charge in [-0.25, -0.2) is 4.79 Å². The topological polar surface area (TPSA) is 84.2 Å². The molecule has 0 saturated heterocycles. The smallest absolute Gasteiger partial charge is 0.312 e. The molecule has 3 amide bonds. The van der Waals surface area contributed by atoms with Crippen molar-refractivity contribution in [3.05, 3.63) is 22.4 Å². The second-order valence-electron chi connectivity index (χ2n) is 4.48. The van der Waals surface area contributed by atoms with Gasteiger partial charge in [0.15, 0.2) is 0 Å². The van der Waals surface area contributed by atoms with Crippen LogP contribution in [0.15, 0.2) is 17.5 Å². The minimum atomic E-state index is -0.620. The summed E-state index contributed by atoms with van der Waals surface area (Å²) in [5, 5.41) is 7.31. The first-order chi connectivity index (χ1) is 8.49. The SMILES string of the molecule is CC(C)CNC(=O)CC(NC(N)=O)c1cccs1. The molecule has 0 aliphatic heterocycles. The van der Waals surface area contributed by atoms with Gasteiger partial charge in [-0.2, -0.15) is 0 Å². The van der Waals surface area contributed by atoms with Crippen molar-refractivity contribution in [3.8, 4) is 0 Å². The standard InChI is InChI=1S/C12H19N3O2S/c1-8(2)7-14-11(16)6-9(15-12(13)17)10-4-3-5-18-10/h3-5,8-9H,6-7H2,1-2H3,(H,14,16)(H3,13,15,17). The van der Waals surface area contributed by atoms with Crippen LogP contribution in [0.25, 0.3) is 0 Å². The molecule has 0 radical (unpaired) electrons. The quantitative estimate of drug-likeness (QED) is 0.733. The minimum Gasteiger partial charge on any atom is -0.356 e. The van der Waals surface area contributed by atoms with Crippen LogP contribution in [0.1, 0.15) is 31.2 Å². The highest BCUT2D eigenvalue weighted by atomic mass is 32.1. The largest absolute Gasteiger partial charge is 0.356 e. The van der Waals surface area contributed by atoms with Crippen LogP contribution in [0.3, 0.4) is 0 Å². The van der Waals surface area contributed by atoms with Gasteiger partial charge in [0.05, 0.1) is 12.5 Å². The summed E-state index contributed by atoms with van der Waals surface area (Å²) >= 11 is 1.49. The summed E-state index contributed by atoms with van der Waals surface area (Å²) in [6, 6.07) is 2.78. The molecule has 1 aromatic rings. The number of amides is 3. The van der Waals surface area contributed by atoms with Crippen molar-refractivity contribution >= 4 is 23.3 Å². The number of nitrogens with two attached hydrogens (primary N) is 1. The van der Waals surface area contributed by atoms with E-state index in [-0.39, 0.29) is 18.4 Å². The Kier molecular flexibility index (Phi) is 5.64. The van der Waals surface area contributed by atoms with E-state index in [0.29, 0.717) is 12.5 Å². The molecule has 6 heteroatoms. The van der Waals surface area contributed by atoms with Gasteiger partial charge in [0, 0.05) is 11.4 Å². The molecule has 0 aliphatic rings. The fourth-order valence-corrected chi connectivity index (χ4v) is 2.24. The van der Waals surface area contributed by atoms with E-state index in [1.54, 1.807) is 0 Å². The summed E-state index contributed by atoms with van der Waals surface area (Å²) in [5.74, 6) is 0.314. The lowest BCUT2D eigenvalue weighted by Gasteiger charge is -2.16. The first kappa shape index (κ1) is 14.5. The first-order valence-corrected chi connectivity index (χ1v) is 6.73. The normalized spacial score (nSPS) is 12.2. The number of thiophene rings is 1. The van der Waals surface area contributed by atoms with E-state index in [1.807, 2.05) is 31.4 Å². The second kappa shape index (κ2) is 7.00. The Labute approximate surface area is 111 Å². The minimum absolute atomic E-state index is 0.0872. The molecule has 1 aromatic heterocycles. The molecule has 0 spiro atoms. The monoisotopic (exact) mass is 269 g/mol. The number of carbonyl (C=O) groups excluding carboxylic acids is 2. The molecule has 0 bridgehead atoms. The van der Waals surface area contributed by atoms with Gasteiger partial charge in [-0.3, -0.25) is 4.79 Å². The fraction of sp³-hybridized carbons (Fsp3) is 0.500. The summed E-state index contributed by atoms with van der Waals surface area (Å²) in [6.45, 7) is 4.68. The maximum atomic E-state index is 11.7. The number of nitrogens with one attached hydrogen (secondary N) is 2. The van der Waals surface area contributed by atoms with Crippen molar-refractivity contribution in [2.75, 3.05) is 6.54 Å². The first-order valence-electron chi connectivity index (χ1n) is 5.85. The predicted octanol–water partition coefficient (Wildman–Crippen LogP) is 1.62. The third-order valence-electron chi connectivity index (χ3n) is 2.30. The Balaban J connectivity index is 2.56. The van der Waals surface area contributed by atoms with Crippen LogP contribution in [0.4, 0.5) is 4.79 Å². The fourth-order valence-electron chi connectivity index (χ4n) is 1.46. The zero-order valence-electron chi connectivity index (χ0n) is 10.6. The Morgan fingerprint density at radius 1 is 1.44 bits per heavy atom. The van der Waals surface area contributed by atoms with Crippen molar-refractivity contribution in [1.29, 1.82) is 0 Å². The number of hydrogen-bond donors (Lipinski definition) is 3. The van der Waals surface area contributed by atoms with E-state index in [2.05, 4.69) is 10.6 Å². The predicted molar refractivity (Wildman–Crippen MR) is 72.2 cm³/mol. The van der Waals surface area contributed by atoms with Crippen molar-refractivity contribution in [1.82, 2.24) is 10.6 Å². The number of primary amides is 1. The van der Waals surface area contributed by atoms with Crippen molar-refractivity contribution in [3.63, 3.8) is 0 Å². The molecule has 0 aliphatic carbocycles. The molecule has 0 saturated carbocycles. The highest BCUT2D eigenvalue weighted by molar-refractivity contribution is 7.10. The molecule has 1 atom stereocenters. The maximum Gasteiger partial charge on any atom is 0.312 e. The number of rotatable bonds is 6. The van der Waals surface area contributed by atoms with E-state index in [4.69, 9.17) is 5.73 Å². The lowest BCUT2D eigenvalue weighted by atomic mass is 10.1. The molecular weight excluding hydrogens is 250 g/mol. The molecular formula is C12H19N3O2S. The van der Waals surface area contributed by atoms with Gasteiger partial charge in [0.1, 0.15) is 0 Å². The molecule has 1 heterocycles. The van der Waals surface area contributed by atoms with E-state index < -0.39 is 6.03 Å². The zero-order chi connectivity index (χ0) is 13.5. The van der Waals surface area contributed by atoms with Gasteiger partial charge >= 0.3 is 6.03 Å². The van der Waals surface area contributed by atoms with Gasteiger partial charge in [-0.15, -0.1) is 11.3 Å². The summed E-state index contributed by atoms with van der Waals surface area (Å²) in [6.07, 6.45) is 0.205. The molecule has 0 aromatic carbocycles. The van der Waals surface area contributed by atoms with Crippen molar-refractivity contribution in [2.24, 2.45) is 11.7 Å². The average Bonchev–Trinajstić information content (AvgIpc) is 2.78. The number of carbonyl (C=O) groups is 2. The van der Waals surface area contributed by atoms with Crippen LogP contribution in [0.5, 0.6) is 0 Å². The van der Waals surface area contributed by atoms with E-state index in [0.717, 1.165) is 4.88 Å². The highest BCUT2D eigenvalue weighted by Crippen LogP contribution is 2.21. The van der Waals surface area contributed by atoms with Crippen molar-refractivity contribution in [2.45, 2.75) is 26.3 Å². The van der Waals surface area contributed by atoms with Crippen LogP contribution in [-0.2, 0) is 4.79 Å².